The predicted molar refractivity (Wildman–Crippen MR) is 83.6 cm³/mol. The van der Waals surface area contributed by atoms with Crippen LogP contribution in [0.3, 0.4) is 0 Å². The van der Waals surface area contributed by atoms with Crippen LogP contribution in [-0.4, -0.2) is 36.6 Å². The van der Waals surface area contributed by atoms with E-state index in [0.29, 0.717) is 5.54 Å². The number of likely N-dealkylation sites (tertiary alicyclic amines) is 1. The van der Waals surface area contributed by atoms with Crippen LogP contribution >= 0.6 is 0 Å². The Bertz CT molecular complexity index is 256. The minimum atomic E-state index is 0.306. The summed E-state index contributed by atoms with van der Waals surface area (Å²) in [5.41, 5.74) is 1.06. The quantitative estimate of drug-likeness (QED) is 0.814. The second-order valence-electron chi connectivity index (χ2n) is 7.57. The predicted octanol–water partition coefficient (Wildman–Crippen LogP) is 3.81. The van der Waals surface area contributed by atoms with Crippen molar-refractivity contribution in [1.82, 2.24) is 10.2 Å². The minimum absolute atomic E-state index is 0.306. The first-order valence-electron chi connectivity index (χ1n) is 8.53. The van der Waals surface area contributed by atoms with E-state index >= 15 is 0 Å². The molecule has 1 saturated carbocycles. The second kappa shape index (κ2) is 6.58. The monoisotopic (exact) mass is 266 g/mol. The molecule has 0 amide bonds. The van der Waals surface area contributed by atoms with Crippen LogP contribution in [0.4, 0.5) is 0 Å². The summed E-state index contributed by atoms with van der Waals surface area (Å²) >= 11 is 0. The van der Waals surface area contributed by atoms with E-state index < -0.39 is 0 Å². The highest BCUT2D eigenvalue weighted by molar-refractivity contribution is 4.88. The first kappa shape index (κ1) is 15.3. The third-order valence-corrected chi connectivity index (χ3v) is 5.75. The maximum atomic E-state index is 3.69. The highest BCUT2D eigenvalue weighted by Crippen LogP contribution is 2.44. The smallest absolute Gasteiger partial charge is 0.0123 e. The van der Waals surface area contributed by atoms with Crippen molar-refractivity contribution in [1.29, 1.82) is 0 Å². The largest absolute Gasteiger partial charge is 0.311 e. The molecular weight excluding hydrogens is 232 g/mol. The van der Waals surface area contributed by atoms with Crippen molar-refractivity contribution >= 4 is 0 Å². The lowest BCUT2D eigenvalue weighted by Crippen LogP contribution is -2.46. The van der Waals surface area contributed by atoms with E-state index in [0.717, 1.165) is 12.0 Å². The number of hydrogen-bond acceptors (Lipinski definition) is 2. The average Bonchev–Trinajstić information content (AvgIpc) is 2.42. The fourth-order valence-corrected chi connectivity index (χ4v) is 3.73. The van der Waals surface area contributed by atoms with Crippen LogP contribution in [0.25, 0.3) is 0 Å². The third kappa shape index (κ3) is 4.46. The molecule has 0 aromatic carbocycles. The van der Waals surface area contributed by atoms with Gasteiger partial charge in [-0.05, 0) is 64.5 Å². The Labute approximate surface area is 120 Å². The van der Waals surface area contributed by atoms with Gasteiger partial charge in [0, 0.05) is 18.6 Å². The SMILES string of the molecule is CCC(C)(C)NCCN1CCC2(CCCCC2)CC1. The van der Waals surface area contributed by atoms with Gasteiger partial charge in [0.2, 0.25) is 0 Å². The van der Waals surface area contributed by atoms with Crippen LogP contribution in [0.1, 0.15) is 72.1 Å². The zero-order valence-electron chi connectivity index (χ0n) is 13.4. The molecule has 0 radical (unpaired) electrons. The Hall–Kier alpha value is -0.0800. The Morgan fingerprint density at radius 2 is 1.63 bits per heavy atom. The molecule has 112 valence electrons. The normalized spacial score (nSPS) is 24.8. The molecule has 2 rings (SSSR count). The first-order valence-corrected chi connectivity index (χ1v) is 8.53. The standard InChI is InChI=1S/C17H34N2/c1-4-16(2,3)18-12-15-19-13-10-17(11-14-19)8-6-5-7-9-17/h18H,4-15H2,1-3H3. The Morgan fingerprint density at radius 1 is 1.00 bits per heavy atom. The highest BCUT2D eigenvalue weighted by Gasteiger charge is 2.35. The fourth-order valence-electron chi connectivity index (χ4n) is 3.73. The van der Waals surface area contributed by atoms with Crippen LogP contribution < -0.4 is 5.32 Å². The molecule has 0 aromatic heterocycles. The summed E-state index contributed by atoms with van der Waals surface area (Å²) in [5, 5.41) is 3.69. The van der Waals surface area contributed by atoms with Gasteiger partial charge in [0.15, 0.2) is 0 Å². The van der Waals surface area contributed by atoms with Gasteiger partial charge in [0.05, 0.1) is 0 Å². The summed E-state index contributed by atoms with van der Waals surface area (Å²) in [6, 6.07) is 0. The van der Waals surface area contributed by atoms with Crippen molar-refractivity contribution in [3.8, 4) is 0 Å². The molecule has 2 nitrogen and oxygen atoms in total. The number of nitrogens with one attached hydrogen (secondary N) is 1. The van der Waals surface area contributed by atoms with Gasteiger partial charge in [-0.25, -0.2) is 0 Å². The molecule has 1 heterocycles. The second-order valence-corrected chi connectivity index (χ2v) is 7.57. The van der Waals surface area contributed by atoms with Crippen molar-refractivity contribution in [2.24, 2.45) is 5.41 Å². The number of hydrogen-bond donors (Lipinski definition) is 1. The third-order valence-electron chi connectivity index (χ3n) is 5.75. The van der Waals surface area contributed by atoms with Crippen molar-refractivity contribution in [3.63, 3.8) is 0 Å². The van der Waals surface area contributed by atoms with Crippen LogP contribution in [0.5, 0.6) is 0 Å². The van der Waals surface area contributed by atoms with E-state index in [2.05, 4.69) is 31.0 Å². The molecule has 2 heteroatoms. The van der Waals surface area contributed by atoms with E-state index in [1.54, 1.807) is 0 Å². The molecule has 0 aromatic rings. The molecule has 0 unspecified atom stereocenters. The molecule has 2 aliphatic rings. The van der Waals surface area contributed by atoms with Crippen LogP contribution in [0.2, 0.25) is 0 Å². The van der Waals surface area contributed by atoms with Crippen molar-refractivity contribution in [2.75, 3.05) is 26.2 Å². The molecule has 0 atom stereocenters. The van der Waals surface area contributed by atoms with Gasteiger partial charge >= 0.3 is 0 Å². The van der Waals surface area contributed by atoms with E-state index in [1.165, 1.54) is 71.0 Å². The van der Waals surface area contributed by atoms with Crippen LogP contribution in [0, 0.1) is 5.41 Å². The van der Waals surface area contributed by atoms with Gasteiger partial charge < -0.3 is 10.2 Å². The van der Waals surface area contributed by atoms with Crippen molar-refractivity contribution < 1.29 is 0 Å². The summed E-state index contributed by atoms with van der Waals surface area (Å²) in [6.07, 6.45) is 11.6. The van der Waals surface area contributed by atoms with E-state index in [-0.39, 0.29) is 0 Å². The van der Waals surface area contributed by atoms with E-state index in [9.17, 15) is 0 Å². The summed E-state index contributed by atoms with van der Waals surface area (Å²) < 4.78 is 0. The number of nitrogens with zero attached hydrogens (tertiary/aromatic N) is 1. The lowest BCUT2D eigenvalue weighted by atomic mass is 9.68. The van der Waals surface area contributed by atoms with Crippen LogP contribution in [0.15, 0.2) is 0 Å². The summed E-state index contributed by atoms with van der Waals surface area (Å²) in [4.78, 5) is 2.68. The molecular formula is C17H34N2. The minimum Gasteiger partial charge on any atom is -0.311 e. The number of rotatable bonds is 5. The topological polar surface area (TPSA) is 15.3 Å². The fraction of sp³-hybridized carbons (Fsp3) is 1.00. The van der Waals surface area contributed by atoms with Gasteiger partial charge in [0.25, 0.3) is 0 Å². The highest BCUT2D eigenvalue weighted by atomic mass is 15.1. The zero-order chi connectivity index (χ0) is 13.8. The summed E-state index contributed by atoms with van der Waals surface area (Å²) in [7, 11) is 0. The molecule has 1 aliphatic heterocycles. The van der Waals surface area contributed by atoms with Gasteiger partial charge in [-0.15, -0.1) is 0 Å². The average molecular weight is 266 g/mol. The first-order chi connectivity index (χ1) is 9.05. The molecule has 1 saturated heterocycles. The summed E-state index contributed by atoms with van der Waals surface area (Å²) in [5.74, 6) is 0. The maximum absolute atomic E-state index is 3.69. The lowest BCUT2D eigenvalue weighted by molar-refractivity contribution is 0.0673. The molecule has 1 spiro atoms. The van der Waals surface area contributed by atoms with Crippen molar-refractivity contribution in [2.45, 2.75) is 77.7 Å². The Morgan fingerprint density at radius 3 is 2.21 bits per heavy atom. The molecule has 1 aliphatic carbocycles. The van der Waals surface area contributed by atoms with Gasteiger partial charge in [-0.3, -0.25) is 0 Å². The zero-order valence-corrected chi connectivity index (χ0v) is 13.4. The van der Waals surface area contributed by atoms with Gasteiger partial charge in [-0.1, -0.05) is 26.2 Å². The van der Waals surface area contributed by atoms with E-state index in [4.69, 9.17) is 0 Å². The summed E-state index contributed by atoms with van der Waals surface area (Å²) in [6.45, 7) is 11.9. The van der Waals surface area contributed by atoms with Crippen LogP contribution in [-0.2, 0) is 0 Å². The molecule has 0 bridgehead atoms. The van der Waals surface area contributed by atoms with Gasteiger partial charge in [0.1, 0.15) is 0 Å². The van der Waals surface area contributed by atoms with Crippen molar-refractivity contribution in [3.05, 3.63) is 0 Å². The number of piperidine rings is 1. The molecule has 2 fully saturated rings. The Balaban J connectivity index is 1.66. The van der Waals surface area contributed by atoms with E-state index in [1.807, 2.05) is 0 Å². The Kier molecular flexibility index (Phi) is 5.30. The maximum Gasteiger partial charge on any atom is 0.0123 e. The van der Waals surface area contributed by atoms with Gasteiger partial charge in [-0.2, -0.15) is 0 Å². The molecule has 19 heavy (non-hydrogen) atoms. The molecule has 1 N–H and O–H groups in total. The lowest BCUT2D eigenvalue weighted by Gasteiger charge is -2.44.